The number of aryl methyl sites for hydroxylation is 2. The summed E-state index contributed by atoms with van der Waals surface area (Å²) in [6.45, 7) is 4.12. The lowest BCUT2D eigenvalue weighted by Crippen LogP contribution is -2.17. The van der Waals surface area contributed by atoms with Crippen LogP contribution in [0.25, 0.3) is 0 Å². The maximum atomic E-state index is 6.32. The Hall–Kier alpha value is -1.81. The second-order valence-corrected chi connectivity index (χ2v) is 4.49. The number of hydrogen-bond acceptors (Lipinski definition) is 3. The van der Waals surface area contributed by atoms with Crippen molar-refractivity contribution in [2.24, 2.45) is 12.8 Å². The summed E-state index contributed by atoms with van der Waals surface area (Å²) >= 11 is 0. The summed E-state index contributed by atoms with van der Waals surface area (Å²) in [7, 11) is 3.57. The molecule has 18 heavy (non-hydrogen) atoms. The molecule has 0 saturated carbocycles. The van der Waals surface area contributed by atoms with E-state index in [2.05, 4.69) is 18.1 Å². The number of rotatable bonds is 3. The van der Waals surface area contributed by atoms with Crippen LogP contribution < -0.4 is 10.5 Å². The third kappa shape index (κ3) is 1.99. The zero-order valence-electron chi connectivity index (χ0n) is 11.3. The van der Waals surface area contributed by atoms with E-state index in [1.807, 2.05) is 26.1 Å². The van der Waals surface area contributed by atoms with Crippen LogP contribution in [0.15, 0.2) is 24.4 Å². The Bertz CT molecular complexity index is 560. The number of aromatic nitrogens is 2. The van der Waals surface area contributed by atoms with Crippen molar-refractivity contribution in [2.75, 3.05) is 7.11 Å². The van der Waals surface area contributed by atoms with Crippen molar-refractivity contribution >= 4 is 0 Å². The van der Waals surface area contributed by atoms with Crippen molar-refractivity contribution in [2.45, 2.75) is 19.9 Å². The van der Waals surface area contributed by atoms with Crippen LogP contribution in [0.3, 0.4) is 0 Å². The second kappa shape index (κ2) is 4.82. The molecule has 0 bridgehead atoms. The first-order chi connectivity index (χ1) is 8.56. The van der Waals surface area contributed by atoms with Crippen LogP contribution in [-0.4, -0.2) is 16.9 Å². The predicted octanol–water partition coefficient (Wildman–Crippen LogP) is 2.09. The van der Waals surface area contributed by atoms with Crippen LogP contribution in [0.4, 0.5) is 0 Å². The van der Waals surface area contributed by atoms with E-state index in [4.69, 9.17) is 10.5 Å². The fraction of sp³-hybridized carbons (Fsp3) is 0.357. The Kier molecular flexibility index (Phi) is 3.39. The topological polar surface area (TPSA) is 53.1 Å². The standard InChI is InChI=1S/C14H19N3O/c1-9-5-6-11(14(18-4)10(9)2)13(15)12-7-8-16-17(12)3/h5-8,13H,15H2,1-4H3. The fourth-order valence-corrected chi connectivity index (χ4v) is 2.18. The van der Waals surface area contributed by atoms with Gasteiger partial charge in [0.1, 0.15) is 5.75 Å². The van der Waals surface area contributed by atoms with Crippen LogP contribution in [-0.2, 0) is 7.05 Å². The van der Waals surface area contributed by atoms with Gasteiger partial charge in [-0.3, -0.25) is 4.68 Å². The van der Waals surface area contributed by atoms with E-state index in [0.717, 1.165) is 22.6 Å². The molecule has 0 aliphatic rings. The molecule has 0 fully saturated rings. The molecule has 0 aliphatic carbocycles. The monoisotopic (exact) mass is 245 g/mol. The summed E-state index contributed by atoms with van der Waals surface area (Å²) < 4.78 is 7.30. The van der Waals surface area contributed by atoms with E-state index in [0.29, 0.717) is 0 Å². The summed E-state index contributed by atoms with van der Waals surface area (Å²) in [5.74, 6) is 0.865. The van der Waals surface area contributed by atoms with E-state index in [9.17, 15) is 0 Å². The average Bonchev–Trinajstić information content (AvgIpc) is 2.78. The van der Waals surface area contributed by atoms with Crippen molar-refractivity contribution in [1.29, 1.82) is 0 Å². The summed E-state index contributed by atoms with van der Waals surface area (Å²) in [6.07, 6.45) is 1.75. The van der Waals surface area contributed by atoms with Gasteiger partial charge in [-0.15, -0.1) is 0 Å². The molecule has 0 aliphatic heterocycles. The smallest absolute Gasteiger partial charge is 0.127 e. The fourth-order valence-electron chi connectivity index (χ4n) is 2.18. The molecule has 0 radical (unpaired) electrons. The van der Waals surface area contributed by atoms with Gasteiger partial charge in [-0.25, -0.2) is 0 Å². The average molecular weight is 245 g/mol. The van der Waals surface area contributed by atoms with Crippen LogP contribution in [0.5, 0.6) is 5.75 Å². The minimum Gasteiger partial charge on any atom is -0.496 e. The molecule has 96 valence electrons. The number of nitrogens with two attached hydrogens (primary N) is 1. The highest BCUT2D eigenvalue weighted by atomic mass is 16.5. The third-order valence-corrected chi connectivity index (χ3v) is 3.42. The highest BCUT2D eigenvalue weighted by Gasteiger charge is 2.18. The molecule has 1 aromatic heterocycles. The maximum absolute atomic E-state index is 6.32. The molecule has 0 amide bonds. The van der Waals surface area contributed by atoms with Crippen LogP contribution in [0.1, 0.15) is 28.4 Å². The predicted molar refractivity (Wildman–Crippen MR) is 71.7 cm³/mol. The zero-order chi connectivity index (χ0) is 13.3. The van der Waals surface area contributed by atoms with Gasteiger partial charge in [0.15, 0.2) is 0 Å². The first-order valence-corrected chi connectivity index (χ1v) is 5.93. The number of ether oxygens (including phenoxy) is 1. The lowest BCUT2D eigenvalue weighted by molar-refractivity contribution is 0.403. The van der Waals surface area contributed by atoms with Gasteiger partial charge in [0.2, 0.25) is 0 Å². The van der Waals surface area contributed by atoms with Crippen LogP contribution in [0.2, 0.25) is 0 Å². The zero-order valence-corrected chi connectivity index (χ0v) is 11.3. The van der Waals surface area contributed by atoms with E-state index in [1.54, 1.807) is 18.0 Å². The largest absolute Gasteiger partial charge is 0.496 e. The Labute approximate surface area is 107 Å². The van der Waals surface area contributed by atoms with Gasteiger partial charge in [0.05, 0.1) is 18.8 Å². The van der Waals surface area contributed by atoms with E-state index < -0.39 is 0 Å². The van der Waals surface area contributed by atoms with E-state index in [-0.39, 0.29) is 6.04 Å². The molecule has 2 aromatic rings. The van der Waals surface area contributed by atoms with Gasteiger partial charge < -0.3 is 10.5 Å². The number of methoxy groups -OCH3 is 1. The SMILES string of the molecule is COc1c(C(N)c2ccnn2C)ccc(C)c1C. The Morgan fingerprint density at radius 1 is 1.28 bits per heavy atom. The molecule has 1 unspecified atom stereocenters. The van der Waals surface area contributed by atoms with Crippen molar-refractivity contribution < 1.29 is 4.74 Å². The minimum absolute atomic E-state index is 0.230. The first kappa shape index (κ1) is 12.6. The Morgan fingerprint density at radius 3 is 2.56 bits per heavy atom. The van der Waals surface area contributed by atoms with Gasteiger partial charge in [-0.1, -0.05) is 12.1 Å². The molecule has 0 saturated heterocycles. The second-order valence-electron chi connectivity index (χ2n) is 4.49. The molecule has 1 heterocycles. The number of hydrogen-bond donors (Lipinski definition) is 1. The van der Waals surface area contributed by atoms with Gasteiger partial charge in [-0.2, -0.15) is 5.10 Å². The van der Waals surface area contributed by atoms with Gasteiger partial charge in [0.25, 0.3) is 0 Å². The lowest BCUT2D eigenvalue weighted by atomic mass is 9.98. The molecular formula is C14H19N3O. The highest BCUT2D eigenvalue weighted by molar-refractivity contribution is 5.48. The molecule has 0 spiro atoms. The quantitative estimate of drug-likeness (QED) is 0.901. The normalized spacial score (nSPS) is 12.5. The Balaban J connectivity index is 2.52. The van der Waals surface area contributed by atoms with Gasteiger partial charge in [0, 0.05) is 18.8 Å². The maximum Gasteiger partial charge on any atom is 0.127 e. The van der Waals surface area contributed by atoms with Crippen molar-refractivity contribution in [3.63, 3.8) is 0 Å². The molecule has 1 aromatic carbocycles. The summed E-state index contributed by atoms with van der Waals surface area (Å²) in [5.41, 5.74) is 10.6. The third-order valence-electron chi connectivity index (χ3n) is 3.42. The molecule has 1 atom stereocenters. The van der Waals surface area contributed by atoms with Gasteiger partial charge in [-0.05, 0) is 31.0 Å². The van der Waals surface area contributed by atoms with E-state index >= 15 is 0 Å². The molecule has 2 rings (SSSR count). The highest BCUT2D eigenvalue weighted by Crippen LogP contribution is 2.32. The summed E-state index contributed by atoms with van der Waals surface area (Å²) in [5, 5.41) is 4.15. The van der Waals surface area contributed by atoms with Crippen molar-refractivity contribution in [3.8, 4) is 5.75 Å². The molecule has 4 nitrogen and oxygen atoms in total. The van der Waals surface area contributed by atoms with E-state index in [1.165, 1.54) is 5.56 Å². The van der Waals surface area contributed by atoms with Crippen LogP contribution >= 0.6 is 0 Å². The van der Waals surface area contributed by atoms with Crippen molar-refractivity contribution in [3.05, 3.63) is 46.8 Å². The molecular weight excluding hydrogens is 226 g/mol. The minimum atomic E-state index is -0.230. The molecule has 2 N–H and O–H groups in total. The lowest BCUT2D eigenvalue weighted by Gasteiger charge is -2.18. The molecule has 4 heteroatoms. The van der Waals surface area contributed by atoms with Crippen molar-refractivity contribution in [1.82, 2.24) is 9.78 Å². The summed E-state index contributed by atoms with van der Waals surface area (Å²) in [6, 6.07) is 5.80. The number of benzene rings is 1. The summed E-state index contributed by atoms with van der Waals surface area (Å²) in [4.78, 5) is 0. The van der Waals surface area contributed by atoms with Crippen LogP contribution in [0, 0.1) is 13.8 Å². The van der Waals surface area contributed by atoms with Gasteiger partial charge >= 0.3 is 0 Å². The first-order valence-electron chi connectivity index (χ1n) is 5.93. The number of nitrogens with zero attached hydrogens (tertiary/aromatic N) is 2. The Morgan fingerprint density at radius 2 is 2.00 bits per heavy atom.